The van der Waals surface area contributed by atoms with Crippen LogP contribution in [0.5, 0.6) is 0 Å². The van der Waals surface area contributed by atoms with Crippen LogP contribution in [-0.4, -0.2) is 31.2 Å². The molecule has 2 aliphatic rings. The number of aromatic nitrogens is 4. The average molecular weight is 265 g/mol. The number of aliphatic hydroxyl groups is 1. The third kappa shape index (κ3) is 1.34. The van der Waals surface area contributed by atoms with Crippen molar-refractivity contribution in [3.63, 3.8) is 0 Å². The number of nitrogens with zero attached hydrogens (tertiary/aromatic N) is 4. The highest BCUT2D eigenvalue weighted by molar-refractivity contribution is 6.33. The molecule has 0 saturated heterocycles. The molecule has 0 amide bonds. The molecule has 2 aliphatic carbocycles. The minimum absolute atomic E-state index is 0.292. The van der Waals surface area contributed by atoms with Gasteiger partial charge in [0.1, 0.15) is 11.8 Å². The molecule has 0 spiro atoms. The molecule has 0 radical (unpaired) electrons. The summed E-state index contributed by atoms with van der Waals surface area (Å²) in [5.74, 6) is 1.80. The lowest BCUT2D eigenvalue weighted by Gasteiger charge is -2.16. The second-order valence-electron chi connectivity index (χ2n) is 5.30. The highest BCUT2D eigenvalue weighted by atomic mass is 35.5. The summed E-state index contributed by atoms with van der Waals surface area (Å²) in [6.45, 7) is 0.292. The summed E-state index contributed by atoms with van der Waals surface area (Å²) in [4.78, 5) is 12.5. The van der Waals surface area contributed by atoms with E-state index in [0.29, 0.717) is 41.1 Å². The summed E-state index contributed by atoms with van der Waals surface area (Å²) in [5.41, 5.74) is 1.48. The topological polar surface area (TPSA) is 63.8 Å². The quantitative estimate of drug-likeness (QED) is 0.838. The molecule has 2 heterocycles. The molecule has 4 rings (SSSR count). The van der Waals surface area contributed by atoms with E-state index in [4.69, 9.17) is 11.6 Å². The van der Waals surface area contributed by atoms with E-state index in [0.717, 1.165) is 12.1 Å². The molecule has 94 valence electrons. The summed E-state index contributed by atoms with van der Waals surface area (Å²) >= 11 is 6.01. The Hall–Kier alpha value is -1.20. The molecule has 5 nitrogen and oxygen atoms in total. The van der Waals surface area contributed by atoms with Crippen molar-refractivity contribution in [3.05, 3.63) is 17.8 Å². The van der Waals surface area contributed by atoms with Crippen LogP contribution in [0.3, 0.4) is 0 Å². The molecule has 2 saturated carbocycles. The van der Waals surface area contributed by atoms with Gasteiger partial charge in [-0.3, -0.25) is 0 Å². The predicted octanol–water partition coefficient (Wildman–Crippen LogP) is 1.67. The lowest BCUT2D eigenvalue weighted by molar-refractivity contribution is 0.208. The highest BCUT2D eigenvalue weighted by Crippen LogP contribution is 2.60. The van der Waals surface area contributed by atoms with Crippen LogP contribution in [0, 0.1) is 17.8 Å². The van der Waals surface area contributed by atoms with Crippen LogP contribution in [0.15, 0.2) is 12.7 Å². The zero-order valence-corrected chi connectivity index (χ0v) is 10.5. The largest absolute Gasteiger partial charge is 0.396 e. The fourth-order valence-corrected chi connectivity index (χ4v) is 3.65. The SMILES string of the molecule is OC[C@H]1C[C@@H](n2cnc3c(Cl)ncnc32)[C@@H]2C[C@H]12. The van der Waals surface area contributed by atoms with Crippen molar-refractivity contribution < 1.29 is 5.11 Å². The van der Waals surface area contributed by atoms with Crippen LogP contribution in [0.25, 0.3) is 11.2 Å². The third-order valence-corrected chi connectivity index (χ3v) is 4.72. The normalized spacial score (nSPS) is 33.9. The first-order chi connectivity index (χ1) is 8.79. The number of hydrogen-bond acceptors (Lipinski definition) is 4. The van der Waals surface area contributed by atoms with Gasteiger partial charge in [-0.25, -0.2) is 15.0 Å². The summed E-state index contributed by atoms with van der Waals surface area (Å²) in [6, 6.07) is 0.406. The summed E-state index contributed by atoms with van der Waals surface area (Å²) in [5, 5.41) is 9.77. The molecule has 0 aromatic carbocycles. The van der Waals surface area contributed by atoms with E-state index in [1.54, 1.807) is 0 Å². The molecule has 2 aromatic rings. The number of rotatable bonds is 2. The first-order valence-electron chi connectivity index (χ1n) is 6.23. The van der Waals surface area contributed by atoms with Gasteiger partial charge in [0.2, 0.25) is 0 Å². The van der Waals surface area contributed by atoms with Gasteiger partial charge in [-0.15, -0.1) is 0 Å². The van der Waals surface area contributed by atoms with Crippen molar-refractivity contribution in [1.82, 2.24) is 19.5 Å². The van der Waals surface area contributed by atoms with Gasteiger partial charge in [0, 0.05) is 12.6 Å². The standard InChI is InChI=1S/C12H13ClN4O/c13-11-10-12(15-4-14-11)17(5-16-10)9-1-6(3-18)7-2-8(7)9/h4-9,18H,1-3H2/t6-,7-,8-,9-/m1/s1. The monoisotopic (exact) mass is 264 g/mol. The first kappa shape index (κ1) is 10.7. The van der Waals surface area contributed by atoms with Gasteiger partial charge in [0.15, 0.2) is 10.8 Å². The summed E-state index contributed by atoms with van der Waals surface area (Å²) in [7, 11) is 0. The van der Waals surface area contributed by atoms with Crippen LogP contribution in [0.2, 0.25) is 5.15 Å². The van der Waals surface area contributed by atoms with Gasteiger partial charge >= 0.3 is 0 Å². The number of imidazole rings is 1. The van der Waals surface area contributed by atoms with Gasteiger partial charge in [-0.2, -0.15) is 0 Å². The van der Waals surface area contributed by atoms with Crippen LogP contribution >= 0.6 is 11.6 Å². The molecule has 1 N–H and O–H groups in total. The molecular formula is C12H13ClN4O. The molecule has 0 aliphatic heterocycles. The zero-order valence-electron chi connectivity index (χ0n) is 9.70. The van der Waals surface area contributed by atoms with E-state index < -0.39 is 0 Å². The van der Waals surface area contributed by atoms with E-state index in [1.807, 2.05) is 6.33 Å². The molecule has 0 unspecified atom stereocenters. The maximum absolute atomic E-state index is 9.36. The van der Waals surface area contributed by atoms with Gasteiger partial charge in [-0.05, 0) is 30.6 Å². The minimum Gasteiger partial charge on any atom is -0.396 e. The van der Waals surface area contributed by atoms with Gasteiger partial charge < -0.3 is 9.67 Å². The fourth-order valence-electron chi connectivity index (χ4n) is 3.48. The number of fused-ring (bicyclic) bond motifs is 2. The lowest BCUT2D eigenvalue weighted by atomic mass is 10.0. The van der Waals surface area contributed by atoms with Crippen molar-refractivity contribution in [2.24, 2.45) is 17.8 Å². The highest BCUT2D eigenvalue weighted by Gasteiger charge is 2.54. The Balaban J connectivity index is 1.78. The van der Waals surface area contributed by atoms with Gasteiger partial charge in [0.05, 0.1) is 6.33 Å². The lowest BCUT2D eigenvalue weighted by Crippen LogP contribution is -2.11. The molecular weight excluding hydrogens is 252 g/mol. The average Bonchev–Trinajstić information content (AvgIpc) is 2.91. The van der Waals surface area contributed by atoms with Crippen molar-refractivity contribution in [1.29, 1.82) is 0 Å². The van der Waals surface area contributed by atoms with E-state index in [9.17, 15) is 5.11 Å². The van der Waals surface area contributed by atoms with Crippen LogP contribution in [0.1, 0.15) is 18.9 Å². The Labute approximate surface area is 109 Å². The number of aliphatic hydroxyl groups excluding tert-OH is 1. The Bertz CT molecular complexity index is 613. The Kier molecular flexibility index (Phi) is 2.17. The maximum Gasteiger partial charge on any atom is 0.165 e. The molecule has 0 bridgehead atoms. The smallest absolute Gasteiger partial charge is 0.165 e. The van der Waals surface area contributed by atoms with Crippen molar-refractivity contribution >= 4 is 22.8 Å². The zero-order chi connectivity index (χ0) is 12.3. The molecule has 6 heteroatoms. The summed E-state index contributed by atoms with van der Waals surface area (Å²) < 4.78 is 2.11. The second-order valence-corrected chi connectivity index (χ2v) is 5.66. The Morgan fingerprint density at radius 1 is 1.28 bits per heavy atom. The Morgan fingerprint density at radius 2 is 2.17 bits per heavy atom. The summed E-state index contributed by atoms with van der Waals surface area (Å²) in [6.07, 6.45) is 5.52. The van der Waals surface area contributed by atoms with Gasteiger partial charge in [0.25, 0.3) is 0 Å². The second kappa shape index (κ2) is 3.65. The molecule has 4 atom stereocenters. The minimum atomic E-state index is 0.292. The first-order valence-corrected chi connectivity index (χ1v) is 6.61. The van der Waals surface area contributed by atoms with Gasteiger partial charge in [-0.1, -0.05) is 11.6 Å². The number of hydrogen-bond donors (Lipinski definition) is 1. The number of halogens is 1. The van der Waals surface area contributed by atoms with Crippen LogP contribution < -0.4 is 0 Å². The molecule has 2 aromatic heterocycles. The maximum atomic E-state index is 9.36. The van der Waals surface area contributed by atoms with E-state index in [2.05, 4.69) is 19.5 Å². The van der Waals surface area contributed by atoms with Crippen LogP contribution in [-0.2, 0) is 0 Å². The van der Waals surface area contributed by atoms with E-state index in [-0.39, 0.29) is 0 Å². The predicted molar refractivity (Wildman–Crippen MR) is 66.2 cm³/mol. The third-order valence-electron chi connectivity index (χ3n) is 4.44. The Morgan fingerprint density at radius 3 is 2.94 bits per heavy atom. The molecule has 18 heavy (non-hydrogen) atoms. The fraction of sp³-hybridized carbons (Fsp3) is 0.583. The van der Waals surface area contributed by atoms with Crippen LogP contribution in [0.4, 0.5) is 0 Å². The van der Waals surface area contributed by atoms with E-state index >= 15 is 0 Å². The molecule has 2 fully saturated rings. The van der Waals surface area contributed by atoms with E-state index in [1.165, 1.54) is 12.7 Å². The van der Waals surface area contributed by atoms with Crippen molar-refractivity contribution in [3.8, 4) is 0 Å². The van der Waals surface area contributed by atoms with Crippen molar-refractivity contribution in [2.75, 3.05) is 6.61 Å². The van der Waals surface area contributed by atoms with Crippen molar-refractivity contribution in [2.45, 2.75) is 18.9 Å².